The summed E-state index contributed by atoms with van der Waals surface area (Å²) in [6.45, 7) is 0.921. The third-order valence-electron chi connectivity index (χ3n) is 2.71. The van der Waals surface area contributed by atoms with Crippen molar-refractivity contribution in [2.24, 2.45) is 4.99 Å². The van der Waals surface area contributed by atoms with Crippen LogP contribution in [0.2, 0.25) is 0 Å². The Balaban J connectivity index is 2.19. The van der Waals surface area contributed by atoms with Gasteiger partial charge < -0.3 is 10.2 Å². The average molecular weight is 253 g/mol. The molecule has 1 aliphatic heterocycles. The van der Waals surface area contributed by atoms with E-state index in [0.29, 0.717) is 13.1 Å². The minimum atomic E-state index is -0.706. The maximum absolute atomic E-state index is 13.4. The van der Waals surface area contributed by atoms with E-state index in [1.165, 1.54) is 11.0 Å². The number of aliphatic imine (C=N–C) groups is 1. The van der Waals surface area contributed by atoms with E-state index >= 15 is 0 Å². The van der Waals surface area contributed by atoms with Gasteiger partial charge in [-0.1, -0.05) is 6.07 Å². The van der Waals surface area contributed by atoms with Crippen LogP contribution in [0.25, 0.3) is 0 Å². The van der Waals surface area contributed by atoms with Crippen molar-refractivity contribution < 1.29 is 13.6 Å². The normalized spacial score (nSPS) is 16.3. The smallest absolute Gasteiger partial charge is 0.229 e. The fraction of sp³-hybridized carbons (Fsp3) is 0.333. The highest BCUT2D eigenvalue weighted by Gasteiger charge is 2.18. The van der Waals surface area contributed by atoms with Gasteiger partial charge in [0, 0.05) is 13.6 Å². The minimum absolute atomic E-state index is 0.0181. The number of rotatable bonds is 1. The molecule has 0 radical (unpaired) electrons. The fourth-order valence-electron chi connectivity index (χ4n) is 1.64. The number of anilines is 1. The summed E-state index contributed by atoms with van der Waals surface area (Å²) < 4.78 is 26.9. The van der Waals surface area contributed by atoms with Crippen LogP contribution in [0.5, 0.6) is 0 Å². The van der Waals surface area contributed by atoms with E-state index in [2.05, 4.69) is 10.3 Å². The second-order valence-corrected chi connectivity index (χ2v) is 4.04. The lowest BCUT2D eigenvalue weighted by atomic mass is 10.2. The Hall–Kier alpha value is -1.98. The molecule has 96 valence electrons. The van der Waals surface area contributed by atoms with Gasteiger partial charge in [0.2, 0.25) is 5.91 Å². The summed E-state index contributed by atoms with van der Waals surface area (Å²) in [6, 6.07) is 3.58. The molecular weight excluding hydrogens is 240 g/mol. The number of amides is 1. The van der Waals surface area contributed by atoms with Gasteiger partial charge in [0.25, 0.3) is 0 Å². The SMILES string of the molecule is CN1CCN=C(Nc2c(F)cccc2F)CC1=O. The fourth-order valence-corrected chi connectivity index (χ4v) is 1.64. The highest BCUT2D eigenvalue weighted by molar-refractivity contribution is 6.07. The van der Waals surface area contributed by atoms with E-state index in [1.54, 1.807) is 7.05 Å². The molecule has 0 aliphatic carbocycles. The zero-order valence-corrected chi connectivity index (χ0v) is 9.91. The number of carbonyl (C=O) groups is 1. The van der Waals surface area contributed by atoms with E-state index in [4.69, 9.17) is 0 Å². The van der Waals surface area contributed by atoms with Crippen molar-refractivity contribution in [1.82, 2.24) is 4.90 Å². The van der Waals surface area contributed by atoms with Crippen LogP contribution >= 0.6 is 0 Å². The summed E-state index contributed by atoms with van der Waals surface area (Å²) in [4.78, 5) is 17.3. The summed E-state index contributed by atoms with van der Waals surface area (Å²) in [6.07, 6.45) is 0.0181. The summed E-state index contributed by atoms with van der Waals surface area (Å²) >= 11 is 0. The van der Waals surface area contributed by atoms with Crippen LogP contribution in [-0.2, 0) is 4.79 Å². The minimum Gasteiger partial charge on any atom is -0.344 e. The molecular formula is C12H13F2N3O. The second kappa shape index (κ2) is 5.12. The number of halogens is 2. The summed E-state index contributed by atoms with van der Waals surface area (Å²) in [7, 11) is 1.67. The molecule has 1 aliphatic rings. The quantitative estimate of drug-likeness (QED) is 0.827. The first kappa shape index (κ1) is 12.5. The van der Waals surface area contributed by atoms with Gasteiger partial charge in [0.1, 0.15) is 23.2 Å². The first-order chi connectivity index (χ1) is 8.58. The van der Waals surface area contributed by atoms with Crippen molar-refractivity contribution >= 4 is 17.4 Å². The zero-order valence-electron chi connectivity index (χ0n) is 9.91. The largest absolute Gasteiger partial charge is 0.344 e. The van der Waals surface area contributed by atoms with Crippen LogP contribution in [0, 0.1) is 11.6 Å². The second-order valence-electron chi connectivity index (χ2n) is 4.04. The number of benzene rings is 1. The van der Waals surface area contributed by atoms with Crippen LogP contribution < -0.4 is 5.32 Å². The standard InChI is InChI=1S/C12H13F2N3O/c1-17-6-5-15-10(7-11(17)18)16-12-8(13)3-2-4-9(12)14/h2-4H,5-7H2,1H3,(H,15,16). The number of nitrogens with zero attached hydrogens (tertiary/aromatic N) is 2. The molecule has 0 fully saturated rings. The van der Waals surface area contributed by atoms with E-state index in [0.717, 1.165) is 12.1 Å². The predicted octanol–water partition coefficient (Wildman–Crippen LogP) is 1.64. The van der Waals surface area contributed by atoms with Gasteiger partial charge in [-0.25, -0.2) is 8.78 Å². The molecule has 0 spiro atoms. The highest BCUT2D eigenvalue weighted by Crippen LogP contribution is 2.18. The van der Waals surface area contributed by atoms with Gasteiger partial charge in [-0.15, -0.1) is 0 Å². The molecule has 18 heavy (non-hydrogen) atoms. The van der Waals surface area contributed by atoms with Gasteiger partial charge in [-0.3, -0.25) is 9.79 Å². The summed E-state index contributed by atoms with van der Waals surface area (Å²) in [5.41, 5.74) is -0.270. The van der Waals surface area contributed by atoms with Crippen molar-refractivity contribution in [3.63, 3.8) is 0 Å². The van der Waals surface area contributed by atoms with E-state index in [-0.39, 0.29) is 23.9 Å². The first-order valence-corrected chi connectivity index (χ1v) is 5.56. The number of hydrogen-bond acceptors (Lipinski definition) is 3. The first-order valence-electron chi connectivity index (χ1n) is 5.56. The van der Waals surface area contributed by atoms with E-state index in [1.807, 2.05) is 0 Å². The number of amidine groups is 1. The molecule has 0 unspecified atom stereocenters. The molecule has 1 aromatic carbocycles. The van der Waals surface area contributed by atoms with Gasteiger partial charge >= 0.3 is 0 Å². The predicted molar refractivity (Wildman–Crippen MR) is 64.5 cm³/mol. The Labute approximate surface area is 103 Å². The van der Waals surface area contributed by atoms with Gasteiger partial charge in [-0.2, -0.15) is 0 Å². The molecule has 0 saturated heterocycles. The van der Waals surface area contributed by atoms with Gasteiger partial charge in [-0.05, 0) is 12.1 Å². The third kappa shape index (κ3) is 2.64. The molecule has 1 N–H and O–H groups in total. The van der Waals surface area contributed by atoms with Crippen molar-refractivity contribution in [2.75, 3.05) is 25.5 Å². The van der Waals surface area contributed by atoms with Gasteiger partial charge in [0.15, 0.2) is 0 Å². The highest BCUT2D eigenvalue weighted by atomic mass is 19.1. The molecule has 0 bridgehead atoms. The van der Waals surface area contributed by atoms with Crippen molar-refractivity contribution in [2.45, 2.75) is 6.42 Å². The summed E-state index contributed by atoms with van der Waals surface area (Å²) in [5.74, 6) is -1.26. The molecule has 2 rings (SSSR count). The van der Waals surface area contributed by atoms with Crippen molar-refractivity contribution in [3.05, 3.63) is 29.8 Å². The van der Waals surface area contributed by atoms with Crippen molar-refractivity contribution in [1.29, 1.82) is 0 Å². The Morgan fingerprint density at radius 1 is 1.33 bits per heavy atom. The molecule has 0 saturated carbocycles. The van der Waals surface area contributed by atoms with E-state index < -0.39 is 11.6 Å². The molecule has 6 heteroatoms. The maximum atomic E-state index is 13.4. The van der Waals surface area contributed by atoms with Crippen LogP contribution in [0.1, 0.15) is 6.42 Å². The van der Waals surface area contributed by atoms with Crippen molar-refractivity contribution in [3.8, 4) is 0 Å². The molecule has 0 aromatic heterocycles. The number of para-hydroxylation sites is 1. The van der Waals surface area contributed by atoms with E-state index in [9.17, 15) is 13.6 Å². The number of hydrogen-bond donors (Lipinski definition) is 1. The Bertz CT molecular complexity index is 482. The van der Waals surface area contributed by atoms with Crippen LogP contribution in [-0.4, -0.2) is 36.8 Å². The average Bonchev–Trinajstić information content (AvgIpc) is 2.47. The number of carbonyl (C=O) groups excluding carboxylic acids is 1. The number of likely N-dealkylation sites (N-methyl/N-ethyl adjacent to an activating group) is 1. The Morgan fingerprint density at radius 2 is 2.00 bits per heavy atom. The number of nitrogens with one attached hydrogen (secondary N) is 1. The summed E-state index contributed by atoms with van der Waals surface area (Å²) in [5, 5.41) is 2.56. The molecule has 1 aromatic rings. The molecule has 1 heterocycles. The van der Waals surface area contributed by atoms with Crippen LogP contribution in [0.15, 0.2) is 23.2 Å². The zero-order chi connectivity index (χ0) is 13.1. The van der Waals surface area contributed by atoms with Gasteiger partial charge in [0.05, 0.1) is 13.0 Å². The molecule has 1 amide bonds. The topological polar surface area (TPSA) is 44.7 Å². The Kier molecular flexibility index (Phi) is 3.55. The third-order valence-corrected chi connectivity index (χ3v) is 2.71. The molecule has 4 nitrogen and oxygen atoms in total. The lowest BCUT2D eigenvalue weighted by Gasteiger charge is -2.13. The van der Waals surface area contributed by atoms with Crippen LogP contribution in [0.3, 0.4) is 0 Å². The lowest BCUT2D eigenvalue weighted by molar-refractivity contribution is -0.128. The van der Waals surface area contributed by atoms with Crippen LogP contribution in [0.4, 0.5) is 14.5 Å². The Morgan fingerprint density at radius 3 is 2.67 bits per heavy atom. The lowest BCUT2D eigenvalue weighted by Crippen LogP contribution is -2.29. The molecule has 0 atom stereocenters. The monoisotopic (exact) mass is 253 g/mol. The maximum Gasteiger partial charge on any atom is 0.229 e.